The van der Waals surface area contributed by atoms with Crippen LogP contribution in [0.2, 0.25) is 0 Å². The summed E-state index contributed by atoms with van der Waals surface area (Å²) in [7, 11) is 1.53. The molecule has 2 amide bonds. The SMILES string of the molecule is COc1cc2nn(C3CCC(CNC(=O)[C@@H](C)OC(C)=O)CC3)cc2cc1C(=O)Nc1cnn2cccnc12. The third-order valence-electron chi connectivity index (χ3n) is 7.08. The Balaban J connectivity index is 1.24. The van der Waals surface area contributed by atoms with Crippen molar-refractivity contribution in [2.24, 2.45) is 5.92 Å². The summed E-state index contributed by atoms with van der Waals surface area (Å²) in [6.07, 6.45) is 9.84. The van der Waals surface area contributed by atoms with E-state index in [1.807, 2.05) is 10.9 Å². The standard InChI is InChI=1S/C27H31N7O5/c1-16(39-17(2)35)26(36)29-13-18-5-7-20(8-6-18)34-15-19-11-21(24(38-3)12-22(19)32-34)27(37)31-23-14-30-33-10-4-9-28-25(23)33/h4,9-12,14-16,18,20H,5-8,13H2,1-3H3,(H,29,36)(H,31,37)/t16-,18?,20?/m1/s1. The van der Waals surface area contributed by atoms with Gasteiger partial charge in [-0.25, -0.2) is 9.50 Å². The molecule has 204 valence electrons. The number of benzene rings is 1. The van der Waals surface area contributed by atoms with Gasteiger partial charge >= 0.3 is 5.97 Å². The Hall–Kier alpha value is -4.48. The number of fused-ring (bicyclic) bond motifs is 2. The van der Waals surface area contributed by atoms with Crippen LogP contribution in [0.1, 0.15) is 55.9 Å². The van der Waals surface area contributed by atoms with E-state index in [1.165, 1.54) is 14.0 Å². The molecule has 0 radical (unpaired) electrons. The van der Waals surface area contributed by atoms with Crippen molar-refractivity contribution < 1.29 is 23.9 Å². The summed E-state index contributed by atoms with van der Waals surface area (Å²) in [4.78, 5) is 40.7. The fourth-order valence-electron chi connectivity index (χ4n) is 5.01. The van der Waals surface area contributed by atoms with Crippen molar-refractivity contribution in [3.05, 3.63) is 48.5 Å². The molecule has 3 heterocycles. The normalized spacial score (nSPS) is 18.0. The molecular formula is C27H31N7O5. The first-order valence-electron chi connectivity index (χ1n) is 12.9. The van der Waals surface area contributed by atoms with E-state index in [2.05, 4.69) is 20.7 Å². The van der Waals surface area contributed by atoms with Gasteiger partial charge in [-0.1, -0.05) is 0 Å². The molecule has 0 aliphatic heterocycles. The summed E-state index contributed by atoms with van der Waals surface area (Å²) in [5, 5.41) is 15.6. The third-order valence-corrected chi connectivity index (χ3v) is 7.08. The Morgan fingerprint density at radius 2 is 1.97 bits per heavy atom. The summed E-state index contributed by atoms with van der Waals surface area (Å²) in [6, 6.07) is 5.55. The number of carbonyl (C=O) groups excluding carboxylic acids is 3. The van der Waals surface area contributed by atoms with E-state index in [-0.39, 0.29) is 17.9 Å². The van der Waals surface area contributed by atoms with Crippen molar-refractivity contribution >= 4 is 40.0 Å². The minimum Gasteiger partial charge on any atom is -0.496 e. The van der Waals surface area contributed by atoms with Crippen LogP contribution in [0.3, 0.4) is 0 Å². The Bertz CT molecular complexity index is 1520. The van der Waals surface area contributed by atoms with Gasteiger partial charge in [-0.15, -0.1) is 0 Å². The molecule has 1 fully saturated rings. The second kappa shape index (κ2) is 11.1. The van der Waals surface area contributed by atoms with Crippen molar-refractivity contribution in [3.63, 3.8) is 0 Å². The van der Waals surface area contributed by atoms with Crippen LogP contribution in [-0.4, -0.2) is 61.9 Å². The molecule has 12 heteroatoms. The number of rotatable bonds is 8. The lowest BCUT2D eigenvalue weighted by atomic mass is 9.86. The maximum Gasteiger partial charge on any atom is 0.303 e. The highest BCUT2D eigenvalue weighted by atomic mass is 16.5. The minimum absolute atomic E-state index is 0.220. The monoisotopic (exact) mass is 533 g/mol. The summed E-state index contributed by atoms with van der Waals surface area (Å²) < 4.78 is 14.0. The van der Waals surface area contributed by atoms with Gasteiger partial charge in [0.1, 0.15) is 11.4 Å². The van der Waals surface area contributed by atoms with Gasteiger partial charge in [0.2, 0.25) is 0 Å². The third kappa shape index (κ3) is 5.69. The van der Waals surface area contributed by atoms with Crippen molar-refractivity contribution in [1.29, 1.82) is 0 Å². The Labute approximate surface area is 224 Å². The van der Waals surface area contributed by atoms with Gasteiger partial charge in [-0.2, -0.15) is 10.2 Å². The van der Waals surface area contributed by atoms with Crippen LogP contribution in [0.15, 0.2) is 43.0 Å². The van der Waals surface area contributed by atoms with Gasteiger partial charge in [0.15, 0.2) is 11.8 Å². The lowest BCUT2D eigenvalue weighted by molar-refractivity contribution is -0.152. The summed E-state index contributed by atoms with van der Waals surface area (Å²) in [6.45, 7) is 3.41. The number of nitrogens with zero attached hydrogens (tertiary/aromatic N) is 5. The fraction of sp³-hybridized carbons (Fsp3) is 0.407. The number of anilines is 1. The van der Waals surface area contributed by atoms with Gasteiger partial charge in [-0.3, -0.25) is 19.1 Å². The van der Waals surface area contributed by atoms with Crippen LogP contribution in [0, 0.1) is 5.92 Å². The van der Waals surface area contributed by atoms with Crippen molar-refractivity contribution in [1.82, 2.24) is 29.7 Å². The fourth-order valence-corrected chi connectivity index (χ4v) is 5.01. The molecule has 5 rings (SSSR count). The van der Waals surface area contributed by atoms with E-state index in [0.29, 0.717) is 35.1 Å². The molecule has 1 aromatic carbocycles. The maximum atomic E-state index is 13.2. The Kier molecular flexibility index (Phi) is 7.44. The molecule has 1 atom stereocenters. The van der Waals surface area contributed by atoms with Crippen LogP contribution in [0.4, 0.5) is 5.69 Å². The van der Waals surface area contributed by atoms with Crippen LogP contribution in [0.25, 0.3) is 16.6 Å². The Morgan fingerprint density at radius 1 is 1.18 bits per heavy atom. The number of carbonyl (C=O) groups is 3. The molecule has 2 N–H and O–H groups in total. The van der Waals surface area contributed by atoms with Gasteiger partial charge in [0.05, 0.1) is 30.4 Å². The first kappa shape index (κ1) is 26.1. The van der Waals surface area contributed by atoms with E-state index in [9.17, 15) is 14.4 Å². The highest BCUT2D eigenvalue weighted by molar-refractivity contribution is 6.09. The number of hydrogen-bond donors (Lipinski definition) is 2. The molecule has 12 nitrogen and oxygen atoms in total. The van der Waals surface area contributed by atoms with E-state index in [1.54, 1.807) is 48.2 Å². The lowest BCUT2D eigenvalue weighted by Crippen LogP contribution is -2.38. The molecule has 0 bridgehead atoms. The molecule has 4 aromatic rings. The van der Waals surface area contributed by atoms with Crippen LogP contribution in [0.5, 0.6) is 5.75 Å². The zero-order valence-electron chi connectivity index (χ0n) is 22.1. The molecule has 3 aromatic heterocycles. The van der Waals surface area contributed by atoms with E-state index < -0.39 is 12.1 Å². The predicted molar refractivity (Wildman–Crippen MR) is 142 cm³/mol. The van der Waals surface area contributed by atoms with Crippen molar-refractivity contribution in [2.75, 3.05) is 19.0 Å². The topological polar surface area (TPSA) is 142 Å². The number of amides is 2. The highest BCUT2D eigenvalue weighted by Crippen LogP contribution is 2.34. The van der Waals surface area contributed by atoms with Crippen LogP contribution < -0.4 is 15.4 Å². The molecule has 1 saturated carbocycles. The number of hydrogen-bond acceptors (Lipinski definition) is 8. The molecule has 0 saturated heterocycles. The van der Waals surface area contributed by atoms with Crippen LogP contribution >= 0.6 is 0 Å². The summed E-state index contributed by atoms with van der Waals surface area (Å²) >= 11 is 0. The minimum atomic E-state index is -0.796. The zero-order valence-corrected chi connectivity index (χ0v) is 22.1. The first-order chi connectivity index (χ1) is 18.8. The van der Waals surface area contributed by atoms with Crippen molar-refractivity contribution in [3.8, 4) is 5.75 Å². The van der Waals surface area contributed by atoms with Gasteiger partial charge in [0.25, 0.3) is 11.8 Å². The van der Waals surface area contributed by atoms with E-state index >= 15 is 0 Å². The quantitative estimate of drug-likeness (QED) is 0.329. The van der Waals surface area contributed by atoms with Crippen molar-refractivity contribution in [2.45, 2.75) is 51.7 Å². The number of ether oxygens (including phenoxy) is 2. The smallest absolute Gasteiger partial charge is 0.303 e. The van der Waals surface area contributed by atoms with Gasteiger partial charge in [0, 0.05) is 43.5 Å². The van der Waals surface area contributed by atoms with E-state index in [4.69, 9.17) is 14.6 Å². The zero-order chi connectivity index (χ0) is 27.5. The number of methoxy groups -OCH3 is 1. The maximum absolute atomic E-state index is 13.2. The average molecular weight is 534 g/mol. The summed E-state index contributed by atoms with van der Waals surface area (Å²) in [5.41, 5.74) is 2.19. The second-order valence-corrected chi connectivity index (χ2v) is 9.79. The lowest BCUT2D eigenvalue weighted by Gasteiger charge is -2.29. The second-order valence-electron chi connectivity index (χ2n) is 9.79. The largest absolute Gasteiger partial charge is 0.496 e. The number of aromatic nitrogens is 5. The molecular weight excluding hydrogens is 502 g/mol. The van der Waals surface area contributed by atoms with E-state index in [0.717, 1.165) is 36.6 Å². The number of esters is 1. The van der Waals surface area contributed by atoms with Gasteiger partial charge in [-0.05, 0) is 50.7 Å². The molecule has 0 unspecified atom stereocenters. The predicted octanol–water partition coefficient (Wildman–Crippen LogP) is 3.14. The summed E-state index contributed by atoms with van der Waals surface area (Å²) in [5.74, 6) is -0.300. The average Bonchev–Trinajstić information content (AvgIpc) is 3.54. The first-order valence-corrected chi connectivity index (χ1v) is 12.9. The Morgan fingerprint density at radius 3 is 2.72 bits per heavy atom. The van der Waals surface area contributed by atoms with Gasteiger partial charge < -0.3 is 20.1 Å². The highest BCUT2D eigenvalue weighted by Gasteiger charge is 2.25. The van der Waals surface area contributed by atoms with Crippen LogP contribution in [-0.2, 0) is 14.3 Å². The molecule has 39 heavy (non-hydrogen) atoms. The number of nitrogens with one attached hydrogen (secondary N) is 2. The molecule has 1 aliphatic rings. The molecule has 0 spiro atoms. The molecule has 1 aliphatic carbocycles.